The van der Waals surface area contributed by atoms with Crippen LogP contribution in [0.5, 0.6) is 28.7 Å². The van der Waals surface area contributed by atoms with Crippen LogP contribution in [0.15, 0.2) is 45.9 Å². The van der Waals surface area contributed by atoms with E-state index < -0.39 is 51.4 Å². The molecule has 0 saturated heterocycles. The van der Waals surface area contributed by atoms with Crippen molar-refractivity contribution in [1.82, 2.24) is 9.78 Å². The van der Waals surface area contributed by atoms with Crippen molar-refractivity contribution in [2.24, 2.45) is 7.05 Å². The number of ether oxygens (including phenoxy) is 1. The van der Waals surface area contributed by atoms with E-state index in [9.17, 15) is 35.1 Å². The molecule has 176 valence electrons. The topological polar surface area (TPSA) is 175 Å². The average Bonchev–Trinajstić information content (AvgIpc) is 3.22. The summed E-state index contributed by atoms with van der Waals surface area (Å²) in [6.07, 6.45) is 2.79. The third kappa shape index (κ3) is 3.72. The first kappa shape index (κ1) is 22.5. The molecule has 1 unspecified atom stereocenters. The molecular weight excluding hydrogens is 448 g/mol. The normalized spacial score (nSPS) is 12.1. The fourth-order valence-corrected chi connectivity index (χ4v) is 3.80. The largest absolute Gasteiger partial charge is 0.507 e. The van der Waals surface area contributed by atoms with Crippen LogP contribution in [0.2, 0.25) is 0 Å². The molecule has 0 aliphatic carbocycles. The number of esters is 1. The first-order chi connectivity index (χ1) is 16.1. The highest BCUT2D eigenvalue weighted by atomic mass is 16.5. The van der Waals surface area contributed by atoms with Crippen LogP contribution in [0, 0.1) is 0 Å². The van der Waals surface area contributed by atoms with Crippen molar-refractivity contribution in [3.05, 3.63) is 58.0 Å². The van der Waals surface area contributed by atoms with Gasteiger partial charge in [-0.15, -0.1) is 0 Å². The summed E-state index contributed by atoms with van der Waals surface area (Å²) in [6, 6.07) is 4.40. The maximum Gasteiger partial charge on any atom is 0.306 e. The number of fused-ring (bicyclic) bond motifs is 1. The summed E-state index contributed by atoms with van der Waals surface area (Å²) >= 11 is 0. The van der Waals surface area contributed by atoms with E-state index in [1.54, 1.807) is 13.2 Å². The van der Waals surface area contributed by atoms with Crippen LogP contribution < -0.4 is 5.43 Å². The maximum atomic E-state index is 13.0. The Morgan fingerprint density at radius 3 is 2.44 bits per heavy atom. The molecule has 0 fully saturated rings. The number of hydrogen-bond acceptors (Lipinski definition) is 10. The Labute approximate surface area is 191 Å². The van der Waals surface area contributed by atoms with E-state index in [-0.39, 0.29) is 28.9 Å². The molecule has 0 amide bonds. The van der Waals surface area contributed by atoms with Gasteiger partial charge in [0.2, 0.25) is 11.2 Å². The number of aromatic nitrogens is 2. The second-order valence-electron chi connectivity index (χ2n) is 7.63. The van der Waals surface area contributed by atoms with Gasteiger partial charge in [0.15, 0.2) is 17.3 Å². The summed E-state index contributed by atoms with van der Waals surface area (Å²) in [5.74, 6) is -4.87. The third-order valence-electron chi connectivity index (χ3n) is 5.45. The van der Waals surface area contributed by atoms with E-state index in [4.69, 9.17) is 9.15 Å². The second-order valence-corrected chi connectivity index (χ2v) is 7.63. The zero-order valence-corrected chi connectivity index (χ0v) is 18.0. The molecule has 0 saturated carbocycles. The van der Waals surface area contributed by atoms with Crippen LogP contribution in [0.4, 0.5) is 0 Å². The van der Waals surface area contributed by atoms with E-state index in [2.05, 4.69) is 5.10 Å². The average molecular weight is 468 g/mol. The molecule has 0 spiro atoms. The van der Waals surface area contributed by atoms with Crippen molar-refractivity contribution in [2.45, 2.75) is 12.3 Å². The first-order valence-corrected chi connectivity index (χ1v) is 9.94. The van der Waals surface area contributed by atoms with Gasteiger partial charge in [0.1, 0.15) is 22.5 Å². The molecule has 11 heteroatoms. The van der Waals surface area contributed by atoms with Gasteiger partial charge in [-0.2, -0.15) is 5.10 Å². The highest BCUT2D eigenvalue weighted by Crippen LogP contribution is 2.44. The van der Waals surface area contributed by atoms with Crippen LogP contribution in [-0.2, 0) is 16.6 Å². The van der Waals surface area contributed by atoms with E-state index in [0.29, 0.717) is 5.56 Å². The van der Waals surface area contributed by atoms with Gasteiger partial charge in [0.05, 0.1) is 19.7 Å². The van der Waals surface area contributed by atoms with E-state index in [0.717, 1.165) is 18.2 Å². The summed E-state index contributed by atoms with van der Waals surface area (Å²) in [5, 5.41) is 54.8. The summed E-state index contributed by atoms with van der Waals surface area (Å²) < 4.78 is 12.1. The fourth-order valence-electron chi connectivity index (χ4n) is 3.80. The Morgan fingerprint density at radius 1 is 1.09 bits per heavy atom. The van der Waals surface area contributed by atoms with Gasteiger partial charge in [-0.25, -0.2) is 0 Å². The Hall–Kier alpha value is -4.67. The number of carbonyl (C=O) groups excluding carboxylic acids is 1. The Kier molecular flexibility index (Phi) is 5.53. The first-order valence-electron chi connectivity index (χ1n) is 9.94. The number of carbonyl (C=O) groups is 1. The number of hydrogen-bond donors (Lipinski definition) is 5. The molecule has 2 aromatic heterocycles. The zero-order chi connectivity index (χ0) is 24.7. The summed E-state index contributed by atoms with van der Waals surface area (Å²) in [5.41, 5.74) is -0.806. The van der Waals surface area contributed by atoms with Crippen molar-refractivity contribution in [3.8, 4) is 40.1 Å². The van der Waals surface area contributed by atoms with Gasteiger partial charge in [0, 0.05) is 36.4 Å². The minimum Gasteiger partial charge on any atom is -0.507 e. The lowest BCUT2D eigenvalue weighted by Crippen LogP contribution is -2.12. The minimum absolute atomic E-state index is 0.0208. The summed E-state index contributed by atoms with van der Waals surface area (Å²) in [7, 11) is 2.85. The standard InChI is InChI=1S/C23H20N2O9/c1-25-9-11(8-24-25)12(6-17(30)33-2)18-15(28)7-16(29)19-20(31)21(32)22(34-23(18)19)10-3-4-13(26)14(27)5-10/h3-5,7-9,12,26-29,32H,6H2,1-2H3. The molecule has 5 N–H and O–H groups in total. The molecule has 2 aromatic carbocycles. The molecule has 34 heavy (non-hydrogen) atoms. The Morgan fingerprint density at radius 2 is 1.82 bits per heavy atom. The molecule has 4 rings (SSSR count). The van der Waals surface area contributed by atoms with Gasteiger partial charge in [0.25, 0.3) is 0 Å². The van der Waals surface area contributed by atoms with Crippen molar-refractivity contribution < 1.29 is 39.5 Å². The molecule has 0 bridgehead atoms. The van der Waals surface area contributed by atoms with Crippen molar-refractivity contribution in [2.75, 3.05) is 7.11 Å². The Bertz CT molecular complexity index is 1490. The van der Waals surface area contributed by atoms with E-state index in [1.165, 1.54) is 24.1 Å². The predicted molar refractivity (Wildman–Crippen MR) is 118 cm³/mol. The fraction of sp³-hybridized carbons (Fsp3) is 0.174. The molecule has 0 aliphatic heterocycles. The van der Waals surface area contributed by atoms with Gasteiger partial charge in [-0.05, 0) is 23.8 Å². The molecule has 0 aliphatic rings. The van der Waals surface area contributed by atoms with Gasteiger partial charge < -0.3 is 34.7 Å². The van der Waals surface area contributed by atoms with Gasteiger partial charge >= 0.3 is 5.97 Å². The number of aryl methyl sites for hydroxylation is 1. The van der Waals surface area contributed by atoms with Crippen molar-refractivity contribution in [1.29, 1.82) is 0 Å². The summed E-state index contributed by atoms with van der Waals surface area (Å²) in [4.78, 5) is 25.2. The number of methoxy groups -OCH3 is 1. The molecule has 1 atom stereocenters. The van der Waals surface area contributed by atoms with Gasteiger partial charge in [-0.3, -0.25) is 14.3 Å². The van der Waals surface area contributed by atoms with Crippen LogP contribution in [-0.4, -0.2) is 48.4 Å². The van der Waals surface area contributed by atoms with Crippen LogP contribution in [0.1, 0.15) is 23.5 Å². The minimum atomic E-state index is -1.01. The van der Waals surface area contributed by atoms with Crippen molar-refractivity contribution in [3.63, 3.8) is 0 Å². The molecule has 11 nitrogen and oxygen atoms in total. The quantitative estimate of drug-likeness (QED) is 0.216. The van der Waals surface area contributed by atoms with Crippen molar-refractivity contribution >= 4 is 16.9 Å². The van der Waals surface area contributed by atoms with Crippen LogP contribution >= 0.6 is 0 Å². The Balaban J connectivity index is 2.08. The zero-order valence-electron chi connectivity index (χ0n) is 18.0. The van der Waals surface area contributed by atoms with E-state index in [1.807, 2.05) is 0 Å². The number of phenols is 4. The lowest BCUT2D eigenvalue weighted by molar-refractivity contribution is -0.140. The molecule has 4 aromatic rings. The van der Waals surface area contributed by atoms with Gasteiger partial charge in [-0.1, -0.05) is 0 Å². The van der Waals surface area contributed by atoms with E-state index >= 15 is 0 Å². The summed E-state index contributed by atoms with van der Waals surface area (Å²) in [6.45, 7) is 0. The highest BCUT2D eigenvalue weighted by molar-refractivity contribution is 5.92. The number of aromatic hydroxyl groups is 5. The number of benzene rings is 2. The predicted octanol–water partition coefficient (Wildman–Crippen LogP) is 2.42. The second kappa shape index (κ2) is 8.35. The molecule has 2 heterocycles. The number of nitrogens with zero attached hydrogens (tertiary/aromatic N) is 2. The maximum absolute atomic E-state index is 13.0. The number of phenolic OH excluding ortho intramolecular Hbond substituents is 4. The SMILES string of the molecule is COC(=O)CC(c1cnn(C)c1)c1c(O)cc(O)c2c(=O)c(O)c(-c3ccc(O)c(O)c3)oc12. The third-order valence-corrected chi connectivity index (χ3v) is 5.45. The van der Waals surface area contributed by atoms with Crippen LogP contribution in [0.3, 0.4) is 0 Å². The number of rotatable bonds is 5. The smallest absolute Gasteiger partial charge is 0.306 e. The lowest BCUT2D eigenvalue weighted by atomic mass is 9.88. The lowest BCUT2D eigenvalue weighted by Gasteiger charge is -2.19. The molecule has 0 radical (unpaired) electrons. The monoisotopic (exact) mass is 468 g/mol. The van der Waals surface area contributed by atoms with Crippen LogP contribution in [0.25, 0.3) is 22.3 Å². The molecular formula is C23H20N2O9. The highest BCUT2D eigenvalue weighted by Gasteiger charge is 2.30.